The van der Waals surface area contributed by atoms with Gasteiger partial charge in [0.1, 0.15) is 6.17 Å². The van der Waals surface area contributed by atoms with E-state index in [2.05, 4.69) is 37.5 Å². The number of nitrogens with zero attached hydrogens (tertiary/aromatic N) is 1. The van der Waals surface area contributed by atoms with E-state index in [1.165, 1.54) is 5.56 Å². The predicted molar refractivity (Wildman–Crippen MR) is 79.1 cm³/mol. The van der Waals surface area contributed by atoms with Gasteiger partial charge in [-0.15, -0.1) is 0 Å². The molecule has 4 nitrogen and oxygen atoms in total. The van der Waals surface area contributed by atoms with Crippen molar-refractivity contribution in [2.75, 3.05) is 18.4 Å². The molecular weight excluding hydrogens is 306 g/mol. The van der Waals surface area contributed by atoms with Crippen LogP contribution in [0.3, 0.4) is 0 Å². The Morgan fingerprint density at radius 1 is 1.32 bits per heavy atom. The van der Waals surface area contributed by atoms with Crippen LogP contribution in [0.1, 0.15) is 18.4 Å². The molecule has 0 bridgehead atoms. The first kappa shape index (κ1) is 13.1. The fourth-order valence-corrected chi connectivity index (χ4v) is 3.39. The number of carbonyl (C=O) groups excluding carboxylic acids is 1. The van der Waals surface area contributed by atoms with E-state index < -0.39 is 0 Å². The highest BCUT2D eigenvalue weighted by Gasteiger charge is 2.31. The van der Waals surface area contributed by atoms with Crippen LogP contribution in [0.4, 0.5) is 5.69 Å². The first-order chi connectivity index (χ1) is 9.28. The fraction of sp³-hybridized carbons (Fsp3) is 0.500. The highest BCUT2D eigenvalue weighted by Crippen LogP contribution is 2.30. The van der Waals surface area contributed by atoms with E-state index in [9.17, 15) is 4.79 Å². The highest BCUT2D eigenvalue weighted by atomic mass is 79.9. The van der Waals surface area contributed by atoms with E-state index in [1.54, 1.807) is 0 Å². The molecule has 1 unspecified atom stereocenters. The molecule has 3 rings (SSSR count). The van der Waals surface area contributed by atoms with Gasteiger partial charge in [0.25, 0.3) is 0 Å². The molecule has 2 aliphatic rings. The summed E-state index contributed by atoms with van der Waals surface area (Å²) in [6.07, 6.45) is 3.04. The maximum absolute atomic E-state index is 11.4. The minimum atomic E-state index is -0.197. The molecule has 2 heterocycles. The zero-order chi connectivity index (χ0) is 13.2. The van der Waals surface area contributed by atoms with Crippen LogP contribution in [-0.2, 0) is 11.3 Å². The van der Waals surface area contributed by atoms with Gasteiger partial charge in [0, 0.05) is 22.7 Å². The van der Waals surface area contributed by atoms with E-state index in [-0.39, 0.29) is 6.17 Å². The first-order valence-electron chi connectivity index (χ1n) is 6.74. The molecule has 1 aromatic rings. The van der Waals surface area contributed by atoms with Crippen molar-refractivity contribution in [2.24, 2.45) is 0 Å². The molecule has 2 aliphatic heterocycles. The summed E-state index contributed by atoms with van der Waals surface area (Å²) in [6.45, 7) is 2.92. The fourth-order valence-electron chi connectivity index (χ4n) is 2.98. The minimum Gasteiger partial charge on any atom is -0.363 e. The standard InChI is InChI=1S/C14H18BrN3O/c15-11-1-2-13-10(7-11)8-18(14(9-19)17-13)12-3-5-16-6-4-12/h1-2,7,9,12,14,16-17H,3-6,8H2. The number of benzene rings is 1. The Morgan fingerprint density at radius 2 is 2.11 bits per heavy atom. The predicted octanol–water partition coefficient (Wildman–Crippen LogP) is 1.95. The van der Waals surface area contributed by atoms with Crippen molar-refractivity contribution in [1.29, 1.82) is 0 Å². The number of halogens is 1. The molecule has 5 heteroatoms. The van der Waals surface area contributed by atoms with Crippen LogP contribution < -0.4 is 10.6 Å². The number of hydrogen-bond acceptors (Lipinski definition) is 4. The van der Waals surface area contributed by atoms with Gasteiger partial charge < -0.3 is 10.6 Å². The Bertz CT molecular complexity index is 474. The van der Waals surface area contributed by atoms with Crippen molar-refractivity contribution in [2.45, 2.75) is 31.6 Å². The molecule has 1 fully saturated rings. The van der Waals surface area contributed by atoms with Crippen LogP contribution in [0, 0.1) is 0 Å². The molecule has 0 aromatic heterocycles. The molecule has 0 amide bonds. The molecule has 1 aromatic carbocycles. The molecule has 0 aliphatic carbocycles. The van der Waals surface area contributed by atoms with Crippen molar-refractivity contribution in [3.8, 4) is 0 Å². The van der Waals surface area contributed by atoms with Crippen LogP contribution >= 0.6 is 15.9 Å². The summed E-state index contributed by atoms with van der Waals surface area (Å²) in [5, 5.41) is 6.71. The molecular formula is C14H18BrN3O. The van der Waals surface area contributed by atoms with Crippen molar-refractivity contribution >= 4 is 27.9 Å². The summed E-state index contributed by atoms with van der Waals surface area (Å²) < 4.78 is 1.09. The second-order valence-electron chi connectivity index (χ2n) is 5.18. The van der Waals surface area contributed by atoms with E-state index in [4.69, 9.17) is 0 Å². The van der Waals surface area contributed by atoms with Crippen LogP contribution in [-0.4, -0.2) is 36.5 Å². The lowest BCUT2D eigenvalue weighted by Gasteiger charge is -2.42. The summed E-state index contributed by atoms with van der Waals surface area (Å²) in [5.74, 6) is 0. The van der Waals surface area contributed by atoms with Crippen molar-refractivity contribution < 1.29 is 4.79 Å². The largest absolute Gasteiger partial charge is 0.363 e. The smallest absolute Gasteiger partial charge is 0.157 e. The second kappa shape index (κ2) is 5.61. The lowest BCUT2D eigenvalue weighted by Crippen LogP contribution is -2.53. The lowest BCUT2D eigenvalue weighted by molar-refractivity contribution is -0.113. The van der Waals surface area contributed by atoms with Gasteiger partial charge in [0.2, 0.25) is 0 Å². The van der Waals surface area contributed by atoms with Crippen LogP contribution in [0.15, 0.2) is 22.7 Å². The third-order valence-corrected chi connectivity index (χ3v) is 4.48. The molecule has 19 heavy (non-hydrogen) atoms. The van der Waals surface area contributed by atoms with Crippen molar-refractivity contribution in [3.63, 3.8) is 0 Å². The van der Waals surface area contributed by atoms with E-state index in [0.717, 1.165) is 48.9 Å². The Hall–Kier alpha value is -0.910. The van der Waals surface area contributed by atoms with Gasteiger partial charge in [-0.3, -0.25) is 9.69 Å². The number of fused-ring (bicyclic) bond motifs is 1. The van der Waals surface area contributed by atoms with E-state index in [0.29, 0.717) is 6.04 Å². The Balaban J connectivity index is 1.85. The van der Waals surface area contributed by atoms with Crippen molar-refractivity contribution in [3.05, 3.63) is 28.2 Å². The third kappa shape index (κ3) is 2.68. The summed E-state index contributed by atoms with van der Waals surface area (Å²) in [4.78, 5) is 13.7. The van der Waals surface area contributed by atoms with Crippen LogP contribution in [0.25, 0.3) is 0 Å². The average Bonchev–Trinajstić information content (AvgIpc) is 2.46. The van der Waals surface area contributed by atoms with Gasteiger partial charge in [-0.2, -0.15) is 0 Å². The number of rotatable bonds is 2. The lowest BCUT2D eigenvalue weighted by atomic mass is 10.0. The molecule has 0 saturated carbocycles. The van der Waals surface area contributed by atoms with Gasteiger partial charge in [-0.05, 0) is 49.7 Å². The monoisotopic (exact) mass is 323 g/mol. The van der Waals surface area contributed by atoms with Gasteiger partial charge in [0.15, 0.2) is 6.29 Å². The second-order valence-corrected chi connectivity index (χ2v) is 6.10. The number of carbonyl (C=O) groups is 1. The number of piperidine rings is 1. The molecule has 102 valence electrons. The van der Waals surface area contributed by atoms with E-state index >= 15 is 0 Å². The molecule has 0 spiro atoms. The van der Waals surface area contributed by atoms with Gasteiger partial charge >= 0.3 is 0 Å². The topological polar surface area (TPSA) is 44.4 Å². The summed E-state index contributed by atoms with van der Waals surface area (Å²) in [7, 11) is 0. The highest BCUT2D eigenvalue weighted by molar-refractivity contribution is 9.10. The normalized spacial score (nSPS) is 24.6. The summed E-state index contributed by atoms with van der Waals surface area (Å²) in [5.41, 5.74) is 2.33. The molecule has 1 saturated heterocycles. The van der Waals surface area contributed by atoms with Gasteiger partial charge in [-0.25, -0.2) is 0 Å². The van der Waals surface area contributed by atoms with Gasteiger partial charge in [0.05, 0.1) is 0 Å². The summed E-state index contributed by atoms with van der Waals surface area (Å²) >= 11 is 3.51. The Kier molecular flexibility index (Phi) is 3.86. The zero-order valence-corrected chi connectivity index (χ0v) is 12.3. The number of hydrogen-bond donors (Lipinski definition) is 2. The Labute approximate surface area is 121 Å². The van der Waals surface area contributed by atoms with Crippen molar-refractivity contribution in [1.82, 2.24) is 10.2 Å². The third-order valence-electron chi connectivity index (χ3n) is 3.99. The molecule has 2 N–H and O–H groups in total. The van der Waals surface area contributed by atoms with Gasteiger partial charge in [-0.1, -0.05) is 15.9 Å². The first-order valence-corrected chi connectivity index (χ1v) is 7.54. The van der Waals surface area contributed by atoms with Crippen LogP contribution in [0.5, 0.6) is 0 Å². The minimum absolute atomic E-state index is 0.197. The number of anilines is 1. The SMILES string of the molecule is O=CC1Nc2ccc(Br)cc2CN1C1CCNCC1. The quantitative estimate of drug-likeness (QED) is 0.817. The maximum Gasteiger partial charge on any atom is 0.157 e. The summed E-state index contributed by atoms with van der Waals surface area (Å²) in [6, 6.07) is 6.66. The molecule has 1 atom stereocenters. The van der Waals surface area contributed by atoms with E-state index in [1.807, 2.05) is 12.1 Å². The maximum atomic E-state index is 11.4. The number of aldehydes is 1. The zero-order valence-electron chi connectivity index (χ0n) is 10.7. The van der Waals surface area contributed by atoms with Crippen LogP contribution in [0.2, 0.25) is 0 Å². The number of nitrogens with one attached hydrogen (secondary N) is 2. The Morgan fingerprint density at radius 3 is 2.84 bits per heavy atom. The average molecular weight is 324 g/mol. The molecule has 0 radical (unpaired) electrons.